The van der Waals surface area contributed by atoms with E-state index in [1.165, 1.54) is 17.8 Å². The Morgan fingerprint density at radius 1 is 1.38 bits per heavy atom. The fraction of sp³-hybridized carbons (Fsp3) is 0.389. The number of benzene rings is 1. The quantitative estimate of drug-likeness (QED) is 0.748. The van der Waals surface area contributed by atoms with Crippen LogP contribution >= 0.6 is 11.3 Å². The molecule has 2 aromatic heterocycles. The van der Waals surface area contributed by atoms with E-state index in [1.807, 2.05) is 29.8 Å². The Morgan fingerprint density at radius 3 is 3.04 bits per heavy atom. The fourth-order valence-electron chi connectivity index (χ4n) is 2.87. The molecule has 1 amide bonds. The van der Waals surface area contributed by atoms with E-state index in [0.29, 0.717) is 25.4 Å². The highest BCUT2D eigenvalue weighted by Gasteiger charge is 2.26. The molecule has 4 rings (SSSR count). The van der Waals surface area contributed by atoms with Crippen molar-refractivity contribution >= 4 is 28.1 Å². The van der Waals surface area contributed by atoms with Gasteiger partial charge in [0, 0.05) is 23.1 Å². The second kappa shape index (κ2) is 6.36. The van der Waals surface area contributed by atoms with Crippen LogP contribution in [0, 0.1) is 6.92 Å². The highest BCUT2D eigenvalue weighted by molar-refractivity contribution is 7.09. The Morgan fingerprint density at radius 2 is 2.21 bits per heavy atom. The van der Waals surface area contributed by atoms with E-state index >= 15 is 0 Å². The number of carbonyl (C=O) groups is 1. The minimum atomic E-state index is 0.0354. The number of aryl methyl sites for hydroxylation is 2. The molecule has 124 valence electrons. The van der Waals surface area contributed by atoms with E-state index < -0.39 is 0 Å². The molecule has 0 bridgehead atoms. The maximum Gasteiger partial charge on any atom is 0.222 e. The first-order chi connectivity index (χ1) is 11.7. The average Bonchev–Trinajstić information content (AvgIpc) is 3.26. The number of nitrogens with one attached hydrogen (secondary N) is 1. The predicted octanol–water partition coefficient (Wildman–Crippen LogP) is 3.39. The van der Waals surface area contributed by atoms with Crippen LogP contribution in [0.25, 0.3) is 10.9 Å². The second-order valence-corrected chi connectivity index (χ2v) is 7.19. The first kappa shape index (κ1) is 15.3. The summed E-state index contributed by atoms with van der Waals surface area (Å²) < 4.78 is 1.91. The molecule has 24 heavy (non-hydrogen) atoms. The van der Waals surface area contributed by atoms with Crippen LogP contribution in [0.4, 0.5) is 0 Å². The summed E-state index contributed by atoms with van der Waals surface area (Å²) in [6.45, 7) is 3.10. The molecule has 1 saturated carbocycles. The summed E-state index contributed by atoms with van der Waals surface area (Å²) in [6, 6.07) is 8.12. The van der Waals surface area contributed by atoms with Crippen molar-refractivity contribution in [2.45, 2.75) is 45.2 Å². The molecule has 1 N–H and O–H groups in total. The van der Waals surface area contributed by atoms with Crippen molar-refractivity contribution in [2.24, 2.45) is 0 Å². The van der Waals surface area contributed by atoms with Crippen LogP contribution < -0.4 is 5.32 Å². The lowest BCUT2D eigenvalue weighted by atomic mass is 10.2. The molecule has 0 aliphatic heterocycles. The molecule has 2 heterocycles. The van der Waals surface area contributed by atoms with Gasteiger partial charge < -0.3 is 5.32 Å². The summed E-state index contributed by atoms with van der Waals surface area (Å²) in [5.74, 6) is 0.712. The standard InChI is InChI=1S/C18H20N4OS/c1-12-15-4-2-3-5-16(15)22(21-12)9-8-17(23)19-10-14-11-24-18(20-14)13-6-7-13/h2-5,11,13H,6-10H2,1H3,(H,19,23). The Bertz CT molecular complexity index is 878. The van der Waals surface area contributed by atoms with Crippen molar-refractivity contribution in [3.05, 3.63) is 46.0 Å². The number of rotatable bonds is 6. The zero-order valence-electron chi connectivity index (χ0n) is 13.7. The van der Waals surface area contributed by atoms with Crippen LogP contribution in [0.1, 0.15) is 41.6 Å². The van der Waals surface area contributed by atoms with E-state index in [1.54, 1.807) is 11.3 Å². The number of carbonyl (C=O) groups excluding carboxylic acids is 1. The van der Waals surface area contributed by atoms with E-state index in [-0.39, 0.29) is 5.91 Å². The lowest BCUT2D eigenvalue weighted by Gasteiger charge is -2.05. The van der Waals surface area contributed by atoms with Gasteiger partial charge in [-0.15, -0.1) is 11.3 Å². The third-order valence-electron chi connectivity index (χ3n) is 4.36. The maximum absolute atomic E-state index is 12.1. The van der Waals surface area contributed by atoms with Crippen molar-refractivity contribution in [1.29, 1.82) is 0 Å². The number of para-hydroxylation sites is 1. The Kier molecular flexibility index (Phi) is 4.06. The molecule has 0 radical (unpaired) electrons. The SMILES string of the molecule is Cc1nn(CCC(=O)NCc2csc(C3CC3)n2)c2ccccc12. The van der Waals surface area contributed by atoms with Gasteiger partial charge in [0.05, 0.1) is 35.0 Å². The van der Waals surface area contributed by atoms with Gasteiger partial charge in [-0.3, -0.25) is 9.48 Å². The van der Waals surface area contributed by atoms with Crippen LogP contribution in [0.15, 0.2) is 29.6 Å². The summed E-state index contributed by atoms with van der Waals surface area (Å²) in [6.07, 6.45) is 2.94. The maximum atomic E-state index is 12.1. The van der Waals surface area contributed by atoms with E-state index in [0.717, 1.165) is 22.3 Å². The van der Waals surface area contributed by atoms with Crippen molar-refractivity contribution in [3.8, 4) is 0 Å². The zero-order valence-corrected chi connectivity index (χ0v) is 14.5. The van der Waals surface area contributed by atoms with Gasteiger partial charge in [-0.25, -0.2) is 4.98 Å². The van der Waals surface area contributed by atoms with Gasteiger partial charge >= 0.3 is 0 Å². The van der Waals surface area contributed by atoms with Gasteiger partial charge in [0.2, 0.25) is 5.91 Å². The summed E-state index contributed by atoms with van der Waals surface area (Å²) in [5, 5.41) is 11.9. The van der Waals surface area contributed by atoms with Crippen molar-refractivity contribution < 1.29 is 4.79 Å². The summed E-state index contributed by atoms with van der Waals surface area (Å²) in [7, 11) is 0. The van der Waals surface area contributed by atoms with Crippen LogP contribution in [0.5, 0.6) is 0 Å². The molecule has 1 aliphatic carbocycles. The van der Waals surface area contributed by atoms with Crippen molar-refractivity contribution in [2.75, 3.05) is 0 Å². The molecule has 6 heteroatoms. The number of nitrogens with zero attached hydrogens (tertiary/aromatic N) is 3. The van der Waals surface area contributed by atoms with E-state index in [9.17, 15) is 4.79 Å². The molecular formula is C18H20N4OS. The van der Waals surface area contributed by atoms with Gasteiger partial charge in [0.1, 0.15) is 0 Å². The summed E-state index contributed by atoms with van der Waals surface area (Å²) in [5.41, 5.74) is 3.05. The van der Waals surface area contributed by atoms with E-state index in [4.69, 9.17) is 0 Å². The smallest absolute Gasteiger partial charge is 0.222 e. The van der Waals surface area contributed by atoms with Gasteiger partial charge in [-0.2, -0.15) is 5.10 Å². The average molecular weight is 340 g/mol. The molecule has 0 unspecified atom stereocenters. The largest absolute Gasteiger partial charge is 0.350 e. The fourth-order valence-corrected chi connectivity index (χ4v) is 3.86. The first-order valence-corrected chi connectivity index (χ1v) is 9.22. The molecule has 1 fully saturated rings. The van der Waals surface area contributed by atoms with Gasteiger partial charge in [0.15, 0.2) is 0 Å². The van der Waals surface area contributed by atoms with Crippen molar-refractivity contribution in [1.82, 2.24) is 20.1 Å². The lowest BCUT2D eigenvalue weighted by Crippen LogP contribution is -2.24. The molecular weight excluding hydrogens is 320 g/mol. The predicted molar refractivity (Wildman–Crippen MR) is 95.0 cm³/mol. The van der Waals surface area contributed by atoms with Gasteiger partial charge in [-0.05, 0) is 25.8 Å². The van der Waals surface area contributed by atoms with Crippen LogP contribution in [-0.2, 0) is 17.9 Å². The molecule has 1 aromatic carbocycles. The normalized spacial score (nSPS) is 14.2. The zero-order chi connectivity index (χ0) is 16.5. The number of aromatic nitrogens is 3. The summed E-state index contributed by atoms with van der Waals surface area (Å²) >= 11 is 1.71. The second-order valence-electron chi connectivity index (χ2n) is 6.30. The molecule has 0 spiro atoms. The monoisotopic (exact) mass is 340 g/mol. The van der Waals surface area contributed by atoms with E-state index in [2.05, 4.69) is 26.8 Å². The summed E-state index contributed by atoms with van der Waals surface area (Å²) in [4.78, 5) is 16.7. The molecule has 5 nitrogen and oxygen atoms in total. The molecule has 1 aliphatic rings. The number of thiazole rings is 1. The Balaban J connectivity index is 1.32. The minimum absolute atomic E-state index is 0.0354. The van der Waals surface area contributed by atoms with Crippen LogP contribution in [0.2, 0.25) is 0 Å². The number of hydrogen-bond acceptors (Lipinski definition) is 4. The third kappa shape index (κ3) is 3.19. The van der Waals surface area contributed by atoms with Crippen LogP contribution in [-0.4, -0.2) is 20.7 Å². The first-order valence-electron chi connectivity index (χ1n) is 8.34. The Hall–Kier alpha value is -2.21. The molecule has 0 atom stereocenters. The topological polar surface area (TPSA) is 59.8 Å². The lowest BCUT2D eigenvalue weighted by molar-refractivity contribution is -0.121. The molecule has 0 saturated heterocycles. The number of amides is 1. The van der Waals surface area contributed by atoms with Crippen LogP contribution in [0.3, 0.4) is 0 Å². The van der Waals surface area contributed by atoms with Gasteiger partial charge in [-0.1, -0.05) is 18.2 Å². The Labute approximate surface area is 144 Å². The number of hydrogen-bond donors (Lipinski definition) is 1. The highest BCUT2D eigenvalue weighted by atomic mass is 32.1. The number of fused-ring (bicyclic) bond motifs is 1. The van der Waals surface area contributed by atoms with Gasteiger partial charge in [0.25, 0.3) is 0 Å². The third-order valence-corrected chi connectivity index (χ3v) is 5.41. The molecule has 3 aromatic rings. The minimum Gasteiger partial charge on any atom is -0.350 e. The van der Waals surface area contributed by atoms with Crippen molar-refractivity contribution in [3.63, 3.8) is 0 Å². The highest BCUT2D eigenvalue weighted by Crippen LogP contribution is 2.41.